The fourth-order valence-corrected chi connectivity index (χ4v) is 3.57. The molecule has 1 N–H and O–H groups in total. The van der Waals surface area contributed by atoms with Crippen molar-refractivity contribution < 1.29 is 38.2 Å². The van der Waals surface area contributed by atoms with Crippen molar-refractivity contribution in [3.63, 3.8) is 0 Å². The maximum atomic E-state index is 13.0. The van der Waals surface area contributed by atoms with Crippen LogP contribution >= 0.6 is 0 Å². The van der Waals surface area contributed by atoms with E-state index >= 15 is 0 Å². The first-order valence-electron chi connectivity index (χ1n) is 10.6. The van der Waals surface area contributed by atoms with Crippen molar-refractivity contribution in [2.75, 3.05) is 33.0 Å². The number of amides is 4. The highest BCUT2D eigenvalue weighted by atomic mass is 16.5. The van der Waals surface area contributed by atoms with Crippen molar-refractivity contribution in [2.24, 2.45) is 0 Å². The number of imide groups is 2. The third-order valence-corrected chi connectivity index (χ3v) is 5.14. The third kappa shape index (κ3) is 5.38. The number of nitrogens with zero attached hydrogens (tertiary/aromatic N) is 1. The van der Waals surface area contributed by atoms with Crippen molar-refractivity contribution in [2.45, 2.75) is 38.6 Å². The van der Waals surface area contributed by atoms with Crippen LogP contribution in [-0.4, -0.2) is 73.4 Å². The van der Waals surface area contributed by atoms with Crippen LogP contribution in [0.5, 0.6) is 5.75 Å². The summed E-state index contributed by atoms with van der Waals surface area (Å²) >= 11 is 0. The molecule has 0 bridgehead atoms. The summed E-state index contributed by atoms with van der Waals surface area (Å²) in [5, 5.41) is 2.15. The van der Waals surface area contributed by atoms with Crippen LogP contribution in [0.4, 0.5) is 0 Å². The third-order valence-electron chi connectivity index (χ3n) is 5.14. The summed E-state index contributed by atoms with van der Waals surface area (Å²) in [5.74, 6) is -2.49. The van der Waals surface area contributed by atoms with Gasteiger partial charge in [-0.15, -0.1) is 0 Å². The Balaban J connectivity index is 1.56. The molecule has 0 saturated carbocycles. The number of carbonyl (C=O) groups excluding carboxylic acids is 5. The summed E-state index contributed by atoms with van der Waals surface area (Å²) in [6.07, 6.45) is 0.884. The van der Waals surface area contributed by atoms with E-state index in [0.29, 0.717) is 32.8 Å². The highest BCUT2D eigenvalue weighted by Crippen LogP contribution is 2.33. The Kier molecular flexibility index (Phi) is 8.07. The molecule has 1 saturated heterocycles. The normalized spacial score (nSPS) is 18.0. The highest BCUT2D eigenvalue weighted by Gasteiger charge is 2.46. The highest BCUT2D eigenvalue weighted by molar-refractivity contribution is 6.24. The van der Waals surface area contributed by atoms with E-state index in [2.05, 4.69) is 5.32 Å². The number of nitrogens with one attached hydrogen (secondary N) is 1. The number of piperidine rings is 1. The largest absolute Gasteiger partial charge is 0.485 e. The van der Waals surface area contributed by atoms with Crippen LogP contribution in [-0.2, 0) is 23.9 Å². The monoisotopic (exact) mass is 446 g/mol. The quantitative estimate of drug-likeness (QED) is 0.370. The van der Waals surface area contributed by atoms with Gasteiger partial charge in [0.15, 0.2) is 5.78 Å². The molecule has 0 spiro atoms. The summed E-state index contributed by atoms with van der Waals surface area (Å²) in [4.78, 5) is 62.3. The maximum absolute atomic E-state index is 13.0. The predicted molar refractivity (Wildman–Crippen MR) is 110 cm³/mol. The molecular formula is C22H26N2O8. The molecule has 1 aromatic rings. The van der Waals surface area contributed by atoms with E-state index in [9.17, 15) is 24.0 Å². The zero-order valence-electron chi connectivity index (χ0n) is 17.9. The van der Waals surface area contributed by atoms with Gasteiger partial charge in [-0.2, -0.15) is 0 Å². The Bertz CT molecular complexity index is 913. The number of rotatable bonds is 12. The van der Waals surface area contributed by atoms with Gasteiger partial charge in [-0.25, -0.2) is 0 Å². The smallest absolute Gasteiger partial charge is 0.266 e. The number of ether oxygens (including phenoxy) is 3. The van der Waals surface area contributed by atoms with Crippen LogP contribution in [0.2, 0.25) is 0 Å². The van der Waals surface area contributed by atoms with Gasteiger partial charge in [-0.1, -0.05) is 6.07 Å². The molecule has 0 radical (unpaired) electrons. The number of benzene rings is 1. The summed E-state index contributed by atoms with van der Waals surface area (Å²) in [6.45, 7) is 3.67. The Morgan fingerprint density at radius 1 is 1.09 bits per heavy atom. The molecule has 32 heavy (non-hydrogen) atoms. The van der Waals surface area contributed by atoms with Crippen molar-refractivity contribution in [1.29, 1.82) is 0 Å². The van der Waals surface area contributed by atoms with Crippen molar-refractivity contribution in [3.8, 4) is 5.75 Å². The van der Waals surface area contributed by atoms with Gasteiger partial charge in [0.25, 0.3) is 11.8 Å². The number of hydrogen-bond acceptors (Lipinski definition) is 8. The summed E-state index contributed by atoms with van der Waals surface area (Å²) < 4.78 is 16.1. The first-order valence-corrected chi connectivity index (χ1v) is 10.6. The minimum Gasteiger partial charge on any atom is -0.485 e. The van der Waals surface area contributed by atoms with E-state index in [0.717, 1.165) is 4.90 Å². The molecular weight excluding hydrogens is 420 g/mol. The average Bonchev–Trinajstić information content (AvgIpc) is 3.02. The first kappa shape index (κ1) is 23.6. The summed E-state index contributed by atoms with van der Waals surface area (Å²) in [6, 6.07) is 3.46. The van der Waals surface area contributed by atoms with E-state index in [1.54, 1.807) is 6.07 Å². The molecule has 0 aromatic heterocycles. The Morgan fingerprint density at radius 2 is 1.88 bits per heavy atom. The summed E-state index contributed by atoms with van der Waals surface area (Å²) in [7, 11) is 0. The maximum Gasteiger partial charge on any atom is 0.266 e. The van der Waals surface area contributed by atoms with Crippen LogP contribution in [0.15, 0.2) is 18.2 Å². The summed E-state index contributed by atoms with van der Waals surface area (Å²) in [5.41, 5.74) is 0.126. The van der Waals surface area contributed by atoms with Crippen LogP contribution in [0, 0.1) is 0 Å². The molecule has 172 valence electrons. The van der Waals surface area contributed by atoms with E-state index in [-0.39, 0.29) is 48.5 Å². The van der Waals surface area contributed by atoms with E-state index in [1.807, 2.05) is 6.92 Å². The minimum atomic E-state index is -1.06. The van der Waals surface area contributed by atoms with Crippen LogP contribution in [0.25, 0.3) is 0 Å². The standard InChI is InChI=1S/C22H26N2O8/c1-2-30-11-12-31-10-4-5-14(25)13-32-17-7-3-6-15-19(17)22(29)24(21(15)28)16-8-9-18(26)23-20(16)27/h3,6-7,16H,2,4-5,8-13H2,1H3,(H,23,26,27). The van der Waals surface area contributed by atoms with E-state index < -0.39 is 29.7 Å². The molecule has 10 nitrogen and oxygen atoms in total. The molecule has 4 amide bonds. The van der Waals surface area contributed by atoms with Crippen molar-refractivity contribution >= 4 is 29.4 Å². The lowest BCUT2D eigenvalue weighted by atomic mass is 10.0. The number of hydrogen-bond donors (Lipinski definition) is 1. The molecule has 2 aliphatic rings. The fraction of sp³-hybridized carbons (Fsp3) is 0.500. The SMILES string of the molecule is CCOCCOCCCC(=O)COc1cccc2c1C(=O)N(C1CCC(=O)NC1=O)C2=O. The van der Waals surface area contributed by atoms with Gasteiger partial charge >= 0.3 is 0 Å². The molecule has 2 heterocycles. The molecule has 1 atom stereocenters. The molecule has 3 rings (SSSR count). The molecule has 1 unspecified atom stereocenters. The zero-order valence-corrected chi connectivity index (χ0v) is 17.9. The zero-order chi connectivity index (χ0) is 23.1. The molecule has 10 heteroatoms. The number of fused-ring (bicyclic) bond motifs is 1. The Morgan fingerprint density at radius 3 is 2.62 bits per heavy atom. The number of ketones is 1. The minimum absolute atomic E-state index is 0.0225. The lowest BCUT2D eigenvalue weighted by molar-refractivity contribution is -0.136. The van der Waals surface area contributed by atoms with Crippen LogP contribution in [0.3, 0.4) is 0 Å². The van der Waals surface area contributed by atoms with Crippen LogP contribution < -0.4 is 10.1 Å². The Hall–Kier alpha value is -3.11. The van der Waals surface area contributed by atoms with Crippen molar-refractivity contribution in [3.05, 3.63) is 29.3 Å². The van der Waals surface area contributed by atoms with Gasteiger partial charge in [0.2, 0.25) is 11.8 Å². The lowest BCUT2D eigenvalue weighted by Gasteiger charge is -2.27. The van der Waals surface area contributed by atoms with Gasteiger partial charge in [-0.3, -0.25) is 34.2 Å². The number of carbonyl (C=O) groups is 5. The second-order valence-corrected chi connectivity index (χ2v) is 7.37. The van der Waals surface area contributed by atoms with Gasteiger partial charge in [-0.05, 0) is 31.9 Å². The van der Waals surface area contributed by atoms with E-state index in [1.165, 1.54) is 12.1 Å². The van der Waals surface area contributed by atoms with E-state index in [4.69, 9.17) is 14.2 Å². The van der Waals surface area contributed by atoms with Gasteiger partial charge in [0.1, 0.15) is 18.4 Å². The topological polar surface area (TPSA) is 128 Å². The fourth-order valence-electron chi connectivity index (χ4n) is 3.57. The van der Waals surface area contributed by atoms with Crippen LogP contribution in [0.1, 0.15) is 53.3 Å². The lowest BCUT2D eigenvalue weighted by Crippen LogP contribution is -2.54. The molecule has 0 aliphatic carbocycles. The number of Topliss-reactive ketones (excluding diaryl/α,β-unsaturated/α-hetero) is 1. The van der Waals surface area contributed by atoms with Gasteiger partial charge in [0.05, 0.1) is 24.3 Å². The van der Waals surface area contributed by atoms with Gasteiger partial charge in [0, 0.05) is 26.1 Å². The second-order valence-electron chi connectivity index (χ2n) is 7.37. The predicted octanol–water partition coefficient (Wildman–Crippen LogP) is 0.869. The molecule has 1 fully saturated rings. The second kappa shape index (κ2) is 11.0. The molecule has 2 aliphatic heterocycles. The Labute approximate surface area is 185 Å². The average molecular weight is 446 g/mol. The first-order chi connectivity index (χ1) is 15.4. The van der Waals surface area contributed by atoms with Gasteiger partial charge < -0.3 is 14.2 Å². The molecule has 1 aromatic carbocycles. The van der Waals surface area contributed by atoms with Crippen molar-refractivity contribution in [1.82, 2.24) is 10.2 Å².